The minimum absolute atomic E-state index is 0.273. The SMILES string of the molecule is CC(=C/c1ccccc1)/C=N/NC(=O)c1ccc(N/N=C/C(C)=C/c2ccccc2)cc1. The van der Waals surface area contributed by atoms with Crippen molar-refractivity contribution in [1.82, 2.24) is 5.43 Å². The molecule has 0 aliphatic rings. The minimum atomic E-state index is -0.273. The summed E-state index contributed by atoms with van der Waals surface area (Å²) in [7, 11) is 0. The molecule has 3 aromatic carbocycles. The van der Waals surface area contributed by atoms with Gasteiger partial charge in [-0.2, -0.15) is 10.2 Å². The predicted octanol–water partition coefficient (Wildman–Crippen LogP) is 6.01. The van der Waals surface area contributed by atoms with Gasteiger partial charge in [0.15, 0.2) is 0 Å². The van der Waals surface area contributed by atoms with Crippen LogP contribution in [0.3, 0.4) is 0 Å². The van der Waals surface area contributed by atoms with Crippen LogP contribution in [0.15, 0.2) is 106 Å². The quantitative estimate of drug-likeness (QED) is 0.345. The fourth-order valence-corrected chi connectivity index (χ4v) is 2.86. The molecule has 5 nitrogen and oxygen atoms in total. The Balaban J connectivity index is 1.49. The Morgan fingerprint density at radius 2 is 1.19 bits per heavy atom. The number of hydrazone groups is 2. The lowest BCUT2D eigenvalue weighted by atomic mass is 10.1. The van der Waals surface area contributed by atoms with Gasteiger partial charge < -0.3 is 0 Å². The Kier molecular flexibility index (Phi) is 8.28. The van der Waals surface area contributed by atoms with E-state index >= 15 is 0 Å². The second kappa shape index (κ2) is 11.8. The third-order valence-electron chi connectivity index (χ3n) is 4.43. The fraction of sp³-hybridized carbons (Fsp3) is 0.0741. The summed E-state index contributed by atoms with van der Waals surface area (Å²) in [6, 6.07) is 27.1. The molecule has 0 heterocycles. The number of hydrogen-bond acceptors (Lipinski definition) is 4. The second-order valence-corrected chi connectivity index (χ2v) is 7.24. The van der Waals surface area contributed by atoms with Crippen LogP contribution in [0.25, 0.3) is 12.2 Å². The summed E-state index contributed by atoms with van der Waals surface area (Å²) >= 11 is 0. The zero-order valence-corrected chi connectivity index (χ0v) is 18.2. The number of hydrogen-bond donors (Lipinski definition) is 2. The molecule has 0 bridgehead atoms. The molecule has 3 aromatic rings. The number of anilines is 1. The first-order chi connectivity index (χ1) is 15.6. The van der Waals surface area contributed by atoms with Gasteiger partial charge in [-0.3, -0.25) is 10.2 Å². The maximum absolute atomic E-state index is 12.3. The molecule has 0 unspecified atom stereocenters. The Bertz CT molecular complexity index is 1130. The van der Waals surface area contributed by atoms with Gasteiger partial charge in [-0.05, 0) is 60.4 Å². The van der Waals surface area contributed by atoms with Crippen LogP contribution in [-0.4, -0.2) is 18.3 Å². The number of carbonyl (C=O) groups is 1. The first-order valence-corrected chi connectivity index (χ1v) is 10.3. The smallest absolute Gasteiger partial charge is 0.271 e. The van der Waals surface area contributed by atoms with Crippen LogP contribution in [0.5, 0.6) is 0 Å². The lowest BCUT2D eigenvalue weighted by Crippen LogP contribution is -2.17. The minimum Gasteiger partial charge on any atom is -0.279 e. The summed E-state index contributed by atoms with van der Waals surface area (Å²) in [5.41, 5.74) is 11.0. The summed E-state index contributed by atoms with van der Waals surface area (Å²) in [6.45, 7) is 3.92. The topological polar surface area (TPSA) is 65.8 Å². The Hall–Kier alpha value is -4.25. The largest absolute Gasteiger partial charge is 0.279 e. The van der Waals surface area contributed by atoms with Crippen LogP contribution in [-0.2, 0) is 0 Å². The molecule has 3 rings (SSSR count). The number of benzene rings is 3. The zero-order chi connectivity index (χ0) is 22.6. The molecule has 0 aliphatic carbocycles. The molecular weight excluding hydrogens is 396 g/mol. The van der Waals surface area contributed by atoms with Crippen LogP contribution >= 0.6 is 0 Å². The van der Waals surface area contributed by atoms with Crippen molar-refractivity contribution in [3.8, 4) is 0 Å². The third-order valence-corrected chi connectivity index (χ3v) is 4.43. The number of carbonyl (C=O) groups excluding carboxylic acids is 1. The van der Waals surface area contributed by atoms with Crippen molar-refractivity contribution >= 4 is 36.2 Å². The van der Waals surface area contributed by atoms with Gasteiger partial charge in [-0.25, -0.2) is 5.43 Å². The fourth-order valence-electron chi connectivity index (χ4n) is 2.86. The molecule has 32 heavy (non-hydrogen) atoms. The van der Waals surface area contributed by atoms with Crippen LogP contribution in [0, 0.1) is 0 Å². The molecule has 0 radical (unpaired) electrons. The number of nitrogens with one attached hydrogen (secondary N) is 2. The molecule has 2 N–H and O–H groups in total. The molecule has 0 fully saturated rings. The van der Waals surface area contributed by atoms with Crippen molar-refractivity contribution in [3.63, 3.8) is 0 Å². The van der Waals surface area contributed by atoms with Gasteiger partial charge in [-0.15, -0.1) is 0 Å². The first kappa shape index (κ1) is 22.4. The highest BCUT2D eigenvalue weighted by atomic mass is 16.2. The summed E-state index contributed by atoms with van der Waals surface area (Å²) in [4.78, 5) is 12.3. The Morgan fingerprint density at radius 3 is 1.72 bits per heavy atom. The van der Waals surface area contributed by atoms with Crippen molar-refractivity contribution in [2.75, 3.05) is 5.43 Å². The van der Waals surface area contributed by atoms with E-state index in [1.54, 1.807) is 36.7 Å². The highest BCUT2D eigenvalue weighted by Gasteiger charge is 2.03. The van der Waals surface area contributed by atoms with E-state index in [4.69, 9.17) is 0 Å². The lowest BCUT2D eigenvalue weighted by molar-refractivity contribution is 0.0955. The zero-order valence-electron chi connectivity index (χ0n) is 18.2. The Labute approximate surface area is 188 Å². The number of amides is 1. The highest BCUT2D eigenvalue weighted by molar-refractivity contribution is 5.95. The molecule has 1 amide bonds. The van der Waals surface area contributed by atoms with Crippen molar-refractivity contribution in [1.29, 1.82) is 0 Å². The average molecular weight is 423 g/mol. The van der Waals surface area contributed by atoms with Crippen LogP contribution < -0.4 is 10.9 Å². The molecule has 0 aliphatic heterocycles. The number of nitrogens with zero attached hydrogens (tertiary/aromatic N) is 2. The molecule has 0 atom stereocenters. The van der Waals surface area contributed by atoms with E-state index in [-0.39, 0.29) is 5.91 Å². The van der Waals surface area contributed by atoms with Gasteiger partial charge in [0.05, 0.1) is 18.1 Å². The maximum Gasteiger partial charge on any atom is 0.271 e. The van der Waals surface area contributed by atoms with E-state index in [2.05, 4.69) is 27.1 Å². The van der Waals surface area contributed by atoms with Gasteiger partial charge in [0.25, 0.3) is 5.91 Å². The summed E-state index contributed by atoms with van der Waals surface area (Å²) < 4.78 is 0. The van der Waals surface area contributed by atoms with Crippen LogP contribution in [0.4, 0.5) is 5.69 Å². The molecule has 0 spiro atoms. The third kappa shape index (κ3) is 7.54. The average Bonchev–Trinajstić information content (AvgIpc) is 2.81. The van der Waals surface area contributed by atoms with Crippen LogP contribution in [0.2, 0.25) is 0 Å². The molecule has 0 saturated carbocycles. The molecule has 5 heteroatoms. The van der Waals surface area contributed by atoms with Crippen LogP contribution in [0.1, 0.15) is 35.3 Å². The molecule has 0 saturated heterocycles. The van der Waals surface area contributed by atoms with Crippen molar-refractivity contribution in [2.24, 2.45) is 10.2 Å². The number of allylic oxidation sites excluding steroid dienone is 2. The molecule has 160 valence electrons. The molecular formula is C27H26N4O. The van der Waals surface area contributed by atoms with Gasteiger partial charge >= 0.3 is 0 Å². The van der Waals surface area contributed by atoms with Crippen molar-refractivity contribution < 1.29 is 4.79 Å². The van der Waals surface area contributed by atoms with Gasteiger partial charge in [0, 0.05) is 5.56 Å². The van der Waals surface area contributed by atoms with Crippen molar-refractivity contribution in [2.45, 2.75) is 13.8 Å². The van der Waals surface area contributed by atoms with E-state index in [9.17, 15) is 4.79 Å². The first-order valence-electron chi connectivity index (χ1n) is 10.3. The van der Waals surface area contributed by atoms with Gasteiger partial charge in [0.2, 0.25) is 0 Å². The lowest BCUT2D eigenvalue weighted by Gasteiger charge is -2.03. The summed E-state index contributed by atoms with van der Waals surface area (Å²) in [5, 5.41) is 8.27. The monoisotopic (exact) mass is 422 g/mol. The van der Waals surface area contributed by atoms with E-state index in [0.717, 1.165) is 28.0 Å². The standard InChI is InChI=1S/C27H26N4O/c1-21(17-23-9-5-3-6-10-23)19-28-30-26-15-13-25(14-16-26)27(32)31-29-20-22(2)18-24-11-7-4-8-12-24/h3-20,30H,1-2H3,(H,31,32)/b21-17+,22-18-,28-19+,29-20+. The van der Waals surface area contributed by atoms with Gasteiger partial charge in [0.1, 0.15) is 0 Å². The summed E-state index contributed by atoms with van der Waals surface area (Å²) in [6.07, 6.45) is 7.43. The summed E-state index contributed by atoms with van der Waals surface area (Å²) in [5.74, 6) is -0.273. The molecule has 0 aromatic heterocycles. The van der Waals surface area contributed by atoms with E-state index < -0.39 is 0 Å². The highest BCUT2D eigenvalue weighted by Crippen LogP contribution is 2.10. The van der Waals surface area contributed by atoms with E-state index in [1.165, 1.54) is 0 Å². The maximum atomic E-state index is 12.3. The van der Waals surface area contributed by atoms with Gasteiger partial charge in [-0.1, -0.05) is 72.8 Å². The van der Waals surface area contributed by atoms with E-state index in [0.29, 0.717) is 5.56 Å². The second-order valence-electron chi connectivity index (χ2n) is 7.24. The van der Waals surface area contributed by atoms with Crippen molar-refractivity contribution in [3.05, 3.63) is 113 Å². The number of rotatable bonds is 8. The predicted molar refractivity (Wildman–Crippen MR) is 135 cm³/mol. The Morgan fingerprint density at radius 1 is 0.688 bits per heavy atom. The van der Waals surface area contributed by atoms with E-state index in [1.807, 2.05) is 80.6 Å². The normalized spacial score (nSPS) is 12.3.